The molecule has 1 aromatic rings. The van der Waals surface area contributed by atoms with Crippen molar-refractivity contribution in [2.45, 2.75) is 71.1 Å². The van der Waals surface area contributed by atoms with Crippen LogP contribution < -0.4 is 5.73 Å². The third-order valence-corrected chi connectivity index (χ3v) is 6.00. The fourth-order valence-electron chi connectivity index (χ4n) is 2.23. The number of hydrogen-bond acceptors (Lipinski definition) is 2. The molecule has 0 amide bonds. The van der Waals surface area contributed by atoms with Crippen LogP contribution in [0, 0.1) is 0 Å². The second-order valence-corrected chi connectivity index (χ2v) is 7.78. The molecule has 0 aliphatic heterocycles. The summed E-state index contributed by atoms with van der Waals surface area (Å²) < 4.78 is 0. The summed E-state index contributed by atoms with van der Waals surface area (Å²) in [5, 5.41) is 9.01. The standard InChI is InChI=1S/C12H27N.C6HCl5O/c1-2-3-4-5-6-7-8-9-10-11-12-13;7-1-2(8)4(10)6(12)5(11)3(1)9/h2-13H2,1H3;12H. The summed E-state index contributed by atoms with van der Waals surface area (Å²) >= 11 is 27.9. The molecule has 0 fully saturated rings. The molecule has 3 N–H and O–H groups in total. The monoisotopic (exact) mass is 449 g/mol. The van der Waals surface area contributed by atoms with Crippen LogP contribution >= 0.6 is 58.0 Å². The first-order valence-corrected chi connectivity index (χ1v) is 10.7. The average Bonchev–Trinajstić information content (AvgIpc) is 2.62. The number of rotatable bonds is 10. The van der Waals surface area contributed by atoms with Crippen LogP contribution in [0.25, 0.3) is 0 Å². The van der Waals surface area contributed by atoms with Gasteiger partial charge in [0, 0.05) is 0 Å². The van der Waals surface area contributed by atoms with Crippen LogP contribution in [0.2, 0.25) is 25.1 Å². The highest BCUT2D eigenvalue weighted by atomic mass is 35.5. The van der Waals surface area contributed by atoms with Gasteiger partial charge in [0.05, 0.1) is 15.1 Å². The quantitative estimate of drug-likeness (QED) is 0.213. The number of benzene rings is 1. The van der Waals surface area contributed by atoms with Gasteiger partial charge in [-0.25, -0.2) is 0 Å². The van der Waals surface area contributed by atoms with E-state index in [1.165, 1.54) is 64.2 Å². The number of phenols is 1. The van der Waals surface area contributed by atoms with E-state index in [1.54, 1.807) is 0 Å². The zero-order chi connectivity index (χ0) is 19.2. The van der Waals surface area contributed by atoms with Gasteiger partial charge >= 0.3 is 0 Å². The van der Waals surface area contributed by atoms with Gasteiger partial charge in [0.25, 0.3) is 0 Å². The minimum atomic E-state index is -0.363. The lowest BCUT2D eigenvalue weighted by molar-refractivity contribution is 0.476. The first-order valence-electron chi connectivity index (χ1n) is 8.78. The number of unbranched alkanes of at least 4 members (excludes halogenated alkanes) is 9. The molecule has 0 heterocycles. The van der Waals surface area contributed by atoms with E-state index in [-0.39, 0.29) is 30.9 Å². The Hall–Kier alpha value is 0.430. The van der Waals surface area contributed by atoms with Gasteiger partial charge in [0.2, 0.25) is 0 Å². The van der Waals surface area contributed by atoms with Crippen LogP contribution in [-0.4, -0.2) is 11.7 Å². The maximum Gasteiger partial charge on any atom is 0.155 e. The Balaban J connectivity index is 0.000000462. The van der Waals surface area contributed by atoms with Crippen molar-refractivity contribution in [2.24, 2.45) is 5.73 Å². The number of hydrogen-bond donors (Lipinski definition) is 2. The van der Waals surface area contributed by atoms with Gasteiger partial charge < -0.3 is 10.8 Å². The molecule has 0 aliphatic carbocycles. The molecular weight excluding hydrogens is 423 g/mol. The molecule has 1 aromatic carbocycles. The molecule has 0 saturated heterocycles. The van der Waals surface area contributed by atoms with Gasteiger partial charge in [-0.3, -0.25) is 0 Å². The van der Waals surface area contributed by atoms with Crippen molar-refractivity contribution in [1.29, 1.82) is 0 Å². The van der Waals surface area contributed by atoms with Crippen molar-refractivity contribution in [2.75, 3.05) is 6.54 Å². The molecule has 7 heteroatoms. The van der Waals surface area contributed by atoms with Crippen molar-refractivity contribution in [3.8, 4) is 5.75 Å². The zero-order valence-corrected chi connectivity index (χ0v) is 18.5. The molecule has 0 radical (unpaired) electrons. The fourth-order valence-corrected chi connectivity index (χ4v) is 3.35. The minimum Gasteiger partial charge on any atom is -0.505 e. The molecule has 25 heavy (non-hydrogen) atoms. The second-order valence-electron chi connectivity index (χ2n) is 5.89. The molecular formula is C18H28Cl5NO. The average molecular weight is 452 g/mol. The van der Waals surface area contributed by atoms with E-state index in [0.717, 1.165) is 6.54 Å². The zero-order valence-electron chi connectivity index (χ0n) is 14.7. The fraction of sp³-hybridized carbons (Fsp3) is 0.667. The molecule has 0 saturated carbocycles. The summed E-state index contributed by atoms with van der Waals surface area (Å²) in [5.74, 6) is -0.363. The lowest BCUT2D eigenvalue weighted by Gasteiger charge is -2.06. The maximum atomic E-state index is 9.20. The molecule has 2 nitrogen and oxygen atoms in total. The highest BCUT2D eigenvalue weighted by molar-refractivity contribution is 6.55. The van der Waals surface area contributed by atoms with E-state index in [4.69, 9.17) is 63.7 Å². The smallest absolute Gasteiger partial charge is 0.155 e. The Morgan fingerprint density at radius 2 is 0.920 bits per heavy atom. The third kappa shape index (κ3) is 10.4. The van der Waals surface area contributed by atoms with E-state index >= 15 is 0 Å². The lowest BCUT2D eigenvalue weighted by Crippen LogP contribution is -1.97. The van der Waals surface area contributed by atoms with Gasteiger partial charge in [-0.05, 0) is 13.0 Å². The maximum absolute atomic E-state index is 9.20. The van der Waals surface area contributed by atoms with Crippen molar-refractivity contribution >= 4 is 58.0 Å². The van der Waals surface area contributed by atoms with Gasteiger partial charge in [-0.2, -0.15) is 0 Å². The molecule has 0 atom stereocenters. The second kappa shape index (κ2) is 15.5. The Bertz CT molecular complexity index is 382. The first-order chi connectivity index (χ1) is 11.9. The minimum absolute atomic E-state index is 0.00904. The van der Waals surface area contributed by atoms with Gasteiger partial charge in [-0.1, -0.05) is 123 Å². The molecule has 0 aliphatic rings. The number of halogens is 5. The predicted octanol–water partition coefficient (Wildman–Crippen LogP) is 8.53. The summed E-state index contributed by atoms with van der Waals surface area (Å²) in [5.41, 5.74) is 5.42. The Morgan fingerprint density at radius 1 is 0.600 bits per heavy atom. The summed E-state index contributed by atoms with van der Waals surface area (Å²) in [7, 11) is 0. The van der Waals surface area contributed by atoms with Crippen LogP contribution in [0.3, 0.4) is 0 Å². The van der Waals surface area contributed by atoms with E-state index < -0.39 is 0 Å². The van der Waals surface area contributed by atoms with Crippen molar-refractivity contribution in [1.82, 2.24) is 0 Å². The highest BCUT2D eigenvalue weighted by Crippen LogP contribution is 2.47. The Morgan fingerprint density at radius 3 is 1.28 bits per heavy atom. The predicted molar refractivity (Wildman–Crippen MR) is 114 cm³/mol. The van der Waals surface area contributed by atoms with Crippen molar-refractivity contribution in [3.05, 3.63) is 25.1 Å². The number of aromatic hydroxyl groups is 1. The molecule has 0 aromatic heterocycles. The number of nitrogens with two attached hydrogens (primary N) is 1. The molecule has 0 bridgehead atoms. The van der Waals surface area contributed by atoms with E-state index in [1.807, 2.05) is 0 Å². The SMILES string of the molecule is CCCCCCCCCCCCN.Oc1c(Cl)c(Cl)c(Cl)c(Cl)c1Cl. The van der Waals surface area contributed by atoms with Gasteiger partial charge in [0.15, 0.2) is 5.75 Å². The van der Waals surface area contributed by atoms with Crippen molar-refractivity contribution in [3.63, 3.8) is 0 Å². The van der Waals surface area contributed by atoms with E-state index in [0.29, 0.717) is 0 Å². The summed E-state index contributed by atoms with van der Waals surface area (Å²) in [4.78, 5) is 0. The molecule has 0 spiro atoms. The van der Waals surface area contributed by atoms with Gasteiger partial charge in [0.1, 0.15) is 10.0 Å². The van der Waals surface area contributed by atoms with Crippen molar-refractivity contribution < 1.29 is 5.11 Å². The largest absolute Gasteiger partial charge is 0.505 e. The summed E-state index contributed by atoms with van der Waals surface area (Å²) in [6.07, 6.45) is 13.9. The van der Waals surface area contributed by atoms with Crippen LogP contribution in [0.4, 0.5) is 0 Å². The van der Waals surface area contributed by atoms with Crippen LogP contribution in [0.1, 0.15) is 71.1 Å². The normalized spacial score (nSPS) is 10.5. The molecule has 146 valence electrons. The Kier molecular flexibility index (Phi) is 15.8. The summed E-state index contributed by atoms with van der Waals surface area (Å²) in [6.45, 7) is 3.14. The van der Waals surface area contributed by atoms with E-state index in [9.17, 15) is 5.11 Å². The highest BCUT2D eigenvalue weighted by Gasteiger charge is 2.18. The first kappa shape index (κ1) is 25.4. The van der Waals surface area contributed by atoms with Crippen LogP contribution in [-0.2, 0) is 0 Å². The van der Waals surface area contributed by atoms with Crippen LogP contribution in [0.5, 0.6) is 5.75 Å². The van der Waals surface area contributed by atoms with Crippen LogP contribution in [0.15, 0.2) is 0 Å². The van der Waals surface area contributed by atoms with Gasteiger partial charge in [-0.15, -0.1) is 0 Å². The molecule has 1 rings (SSSR count). The molecule has 0 unspecified atom stereocenters. The lowest BCUT2D eigenvalue weighted by atomic mass is 10.1. The topological polar surface area (TPSA) is 46.2 Å². The third-order valence-electron chi connectivity index (χ3n) is 3.74. The number of phenolic OH excluding ortho intramolecular Hbond substituents is 1. The van der Waals surface area contributed by atoms with E-state index in [2.05, 4.69) is 6.92 Å². The summed E-state index contributed by atoms with van der Waals surface area (Å²) in [6, 6.07) is 0. The Labute approximate surface area is 176 Å².